The Balaban J connectivity index is 2.06. The van der Waals surface area contributed by atoms with E-state index < -0.39 is 57.4 Å². The number of rotatable bonds is 6. The highest BCUT2D eigenvalue weighted by molar-refractivity contribution is 7.70. The number of aliphatic hydroxyl groups is 1. The predicted octanol–water partition coefficient (Wildman–Crippen LogP) is -1.17. The maximum atomic E-state index is 11.8. The van der Waals surface area contributed by atoms with Crippen molar-refractivity contribution < 1.29 is 38.2 Å². The van der Waals surface area contributed by atoms with Crippen molar-refractivity contribution in [1.29, 1.82) is 0 Å². The lowest BCUT2D eigenvalue weighted by Gasteiger charge is -2.18. The third kappa shape index (κ3) is 5.44. The van der Waals surface area contributed by atoms with Gasteiger partial charge in [0.2, 0.25) is 0 Å². The molecule has 1 aliphatic heterocycles. The smallest absolute Gasteiger partial charge is 0.340 e. The Kier molecular flexibility index (Phi) is 5.87. The molecule has 0 saturated carbocycles. The van der Waals surface area contributed by atoms with Crippen LogP contribution in [0, 0.1) is 6.92 Å². The van der Waals surface area contributed by atoms with Gasteiger partial charge >= 0.3 is 20.9 Å². The lowest BCUT2D eigenvalue weighted by atomic mass is 10.2. The van der Waals surface area contributed by atoms with Gasteiger partial charge in [0.15, 0.2) is 5.90 Å². The zero-order valence-electron chi connectivity index (χ0n) is 13.0. The van der Waals surface area contributed by atoms with Crippen LogP contribution in [-0.4, -0.2) is 54.1 Å². The van der Waals surface area contributed by atoms with Crippen LogP contribution >= 0.6 is 15.2 Å². The molecule has 1 fully saturated rings. The molecule has 12 nitrogen and oxygen atoms in total. The van der Waals surface area contributed by atoms with Gasteiger partial charge in [0.1, 0.15) is 12.3 Å². The summed E-state index contributed by atoms with van der Waals surface area (Å²) in [5.41, 5.74) is -1.05. The van der Waals surface area contributed by atoms with Crippen LogP contribution in [0.4, 0.5) is 0 Å². The molecule has 4 unspecified atom stereocenters. The standard InChI is InChI=1S/C11H18N2O10P2/c1-6-3-13(11(16)12-10(6)15)9-2-7(14)8(23-9)4-22-25(20,21)5-24(17,18)19/h3,7-9,14H,2,4-5H2,1H3,(H,20,21)(H,12,15,16)(H2,17,18,19). The molecule has 0 spiro atoms. The Morgan fingerprint density at radius 3 is 2.60 bits per heavy atom. The SMILES string of the molecule is Cc1cn(C2CC(O)C(COP(=O)(O)CP(=O)(O)O)O2)c(=O)[nH]c1=O. The van der Waals surface area contributed by atoms with E-state index in [1.807, 2.05) is 0 Å². The van der Waals surface area contributed by atoms with Gasteiger partial charge in [-0.15, -0.1) is 0 Å². The Morgan fingerprint density at radius 2 is 2.00 bits per heavy atom. The number of aliphatic hydroxyl groups excluding tert-OH is 1. The second kappa shape index (κ2) is 7.26. The van der Waals surface area contributed by atoms with Crippen LogP contribution in [0.15, 0.2) is 15.8 Å². The van der Waals surface area contributed by atoms with Gasteiger partial charge in [-0.3, -0.25) is 23.5 Å². The molecule has 0 aliphatic carbocycles. The molecule has 0 amide bonds. The van der Waals surface area contributed by atoms with Crippen LogP contribution in [0.1, 0.15) is 18.2 Å². The Hall–Kier alpha value is -1.10. The summed E-state index contributed by atoms with van der Waals surface area (Å²) in [5.74, 6) is -1.36. The van der Waals surface area contributed by atoms with E-state index >= 15 is 0 Å². The summed E-state index contributed by atoms with van der Waals surface area (Å²) in [4.78, 5) is 52.1. The fourth-order valence-electron chi connectivity index (χ4n) is 2.30. The third-order valence-electron chi connectivity index (χ3n) is 3.46. The molecule has 1 aromatic rings. The number of aromatic nitrogens is 2. The van der Waals surface area contributed by atoms with Crippen molar-refractivity contribution in [3.8, 4) is 0 Å². The fraction of sp³-hybridized carbons (Fsp3) is 0.636. The molecule has 2 heterocycles. The number of H-pyrrole nitrogens is 1. The number of aryl methyl sites for hydroxylation is 1. The van der Waals surface area contributed by atoms with Crippen LogP contribution in [0.3, 0.4) is 0 Å². The minimum atomic E-state index is -4.76. The molecule has 4 atom stereocenters. The van der Waals surface area contributed by atoms with Gasteiger partial charge in [-0.25, -0.2) is 4.79 Å². The number of hydrogen-bond donors (Lipinski definition) is 5. The van der Waals surface area contributed by atoms with Crippen molar-refractivity contribution in [2.45, 2.75) is 31.8 Å². The zero-order chi connectivity index (χ0) is 19.0. The monoisotopic (exact) mass is 400 g/mol. The maximum absolute atomic E-state index is 11.8. The highest BCUT2D eigenvalue weighted by Crippen LogP contribution is 2.55. The van der Waals surface area contributed by atoms with Crippen molar-refractivity contribution in [3.63, 3.8) is 0 Å². The topological polar surface area (TPSA) is 188 Å². The maximum Gasteiger partial charge on any atom is 0.340 e. The Labute approximate surface area is 140 Å². The van der Waals surface area contributed by atoms with E-state index in [1.165, 1.54) is 13.1 Å². The highest BCUT2D eigenvalue weighted by atomic mass is 31.2. The van der Waals surface area contributed by atoms with Crippen molar-refractivity contribution >= 4 is 15.2 Å². The molecule has 0 bridgehead atoms. The minimum absolute atomic E-state index is 0.0480. The lowest BCUT2D eigenvalue weighted by Crippen LogP contribution is -2.33. The summed E-state index contributed by atoms with van der Waals surface area (Å²) in [7, 11) is -9.34. The van der Waals surface area contributed by atoms with Crippen molar-refractivity contribution in [2.75, 3.05) is 12.5 Å². The Morgan fingerprint density at radius 1 is 1.36 bits per heavy atom. The lowest BCUT2D eigenvalue weighted by molar-refractivity contribution is -0.0423. The van der Waals surface area contributed by atoms with Gasteiger partial charge in [-0.1, -0.05) is 0 Å². The first-order valence-electron chi connectivity index (χ1n) is 7.04. The third-order valence-corrected chi connectivity index (χ3v) is 6.92. The number of aromatic amines is 1. The van der Waals surface area contributed by atoms with Gasteiger partial charge < -0.3 is 29.0 Å². The molecule has 0 aromatic carbocycles. The summed E-state index contributed by atoms with van der Waals surface area (Å²) in [6, 6.07) is 0. The molecule has 142 valence electrons. The summed E-state index contributed by atoms with van der Waals surface area (Å²) >= 11 is 0. The van der Waals surface area contributed by atoms with Crippen LogP contribution in [-0.2, 0) is 18.4 Å². The van der Waals surface area contributed by atoms with E-state index in [1.54, 1.807) is 0 Å². The molecule has 1 saturated heterocycles. The molecule has 14 heteroatoms. The highest BCUT2D eigenvalue weighted by Gasteiger charge is 2.38. The second-order valence-corrected chi connectivity index (χ2v) is 9.64. The molecular formula is C11H18N2O10P2. The normalized spacial score (nSPS) is 26.5. The van der Waals surface area contributed by atoms with Gasteiger partial charge in [-0.2, -0.15) is 0 Å². The molecule has 25 heavy (non-hydrogen) atoms. The first kappa shape index (κ1) is 20.2. The van der Waals surface area contributed by atoms with Crippen LogP contribution in [0.2, 0.25) is 0 Å². The molecule has 1 aromatic heterocycles. The van der Waals surface area contributed by atoms with Crippen molar-refractivity contribution in [2.24, 2.45) is 0 Å². The Bertz CT molecular complexity index is 842. The quantitative estimate of drug-likeness (QED) is 0.364. The minimum Gasteiger partial charge on any atom is -0.390 e. The average molecular weight is 400 g/mol. The number of hydrogen-bond acceptors (Lipinski definition) is 7. The molecule has 0 radical (unpaired) electrons. The van der Waals surface area contributed by atoms with E-state index in [4.69, 9.17) is 14.5 Å². The van der Waals surface area contributed by atoms with E-state index in [9.17, 15) is 28.7 Å². The number of ether oxygens (including phenoxy) is 1. The summed E-state index contributed by atoms with van der Waals surface area (Å²) in [5, 5.41) is 9.95. The second-order valence-electron chi connectivity index (χ2n) is 5.65. The summed E-state index contributed by atoms with van der Waals surface area (Å²) in [6.07, 6.45) is -1.98. The summed E-state index contributed by atoms with van der Waals surface area (Å²) < 4.78 is 33.4. The van der Waals surface area contributed by atoms with E-state index in [2.05, 4.69) is 9.51 Å². The van der Waals surface area contributed by atoms with Gasteiger partial charge in [0.25, 0.3) is 5.56 Å². The van der Waals surface area contributed by atoms with Crippen molar-refractivity contribution in [1.82, 2.24) is 9.55 Å². The van der Waals surface area contributed by atoms with E-state index in [-0.39, 0.29) is 12.0 Å². The molecular weight excluding hydrogens is 382 g/mol. The summed E-state index contributed by atoms with van der Waals surface area (Å²) in [6.45, 7) is 0.868. The largest absolute Gasteiger partial charge is 0.390 e. The van der Waals surface area contributed by atoms with Crippen molar-refractivity contribution in [3.05, 3.63) is 32.6 Å². The van der Waals surface area contributed by atoms with Gasteiger partial charge in [0, 0.05) is 18.2 Å². The predicted molar refractivity (Wildman–Crippen MR) is 83.3 cm³/mol. The first-order valence-corrected chi connectivity index (χ1v) is 10.6. The number of nitrogens with zero attached hydrogens (tertiary/aromatic N) is 1. The molecule has 5 N–H and O–H groups in total. The molecule has 1 aliphatic rings. The van der Waals surface area contributed by atoms with E-state index in [0.29, 0.717) is 0 Å². The van der Waals surface area contributed by atoms with Gasteiger partial charge in [0.05, 0.1) is 12.7 Å². The van der Waals surface area contributed by atoms with Crippen LogP contribution in [0.5, 0.6) is 0 Å². The average Bonchev–Trinajstić information content (AvgIpc) is 2.79. The molecule has 2 rings (SSSR count). The van der Waals surface area contributed by atoms with Crippen LogP contribution < -0.4 is 11.2 Å². The van der Waals surface area contributed by atoms with Gasteiger partial charge in [-0.05, 0) is 6.92 Å². The number of nitrogens with one attached hydrogen (secondary N) is 1. The fourth-order valence-corrected chi connectivity index (χ4v) is 4.87. The van der Waals surface area contributed by atoms with Crippen LogP contribution in [0.25, 0.3) is 0 Å². The zero-order valence-corrected chi connectivity index (χ0v) is 14.8. The van der Waals surface area contributed by atoms with E-state index in [0.717, 1.165) is 4.57 Å². The first-order chi connectivity index (χ1) is 11.4.